The number of sulfonamides is 1. The molecule has 0 amide bonds. The van der Waals surface area contributed by atoms with Gasteiger partial charge in [-0.25, -0.2) is 8.42 Å². The van der Waals surface area contributed by atoms with Crippen LogP contribution in [0.25, 0.3) is 0 Å². The van der Waals surface area contributed by atoms with Gasteiger partial charge in [0.2, 0.25) is 5.88 Å². The second-order valence-corrected chi connectivity index (χ2v) is 10.4. The maximum Gasteiger partial charge on any atom is 0.262 e. The standard InChI is InChI=1S/C24H25ClN4O4S/c1-15-18(25)4-3-5-22(15)34(30,31)28-19-13-17-8-9-26-23(17)27-24(19)33-14-16-6-7-21-20(12-16)29(2)10-11-32-21/h3-7,12-13,28H,8-11,14H2,1-2H3,(H,26,27). The van der Waals surface area contributed by atoms with Gasteiger partial charge in [0.25, 0.3) is 10.0 Å². The molecule has 178 valence electrons. The number of nitrogens with one attached hydrogen (secondary N) is 2. The number of hydrogen-bond donors (Lipinski definition) is 2. The molecule has 0 unspecified atom stereocenters. The van der Waals surface area contributed by atoms with Gasteiger partial charge in [-0.15, -0.1) is 0 Å². The first-order chi connectivity index (χ1) is 16.3. The molecule has 5 rings (SSSR count). The van der Waals surface area contributed by atoms with Crippen molar-refractivity contribution in [1.29, 1.82) is 0 Å². The minimum atomic E-state index is -3.91. The average Bonchev–Trinajstić information content (AvgIpc) is 3.26. The van der Waals surface area contributed by atoms with Crippen molar-refractivity contribution in [3.05, 3.63) is 64.2 Å². The molecule has 0 saturated heterocycles. The Morgan fingerprint density at radius 2 is 2.12 bits per heavy atom. The summed E-state index contributed by atoms with van der Waals surface area (Å²) >= 11 is 6.16. The second-order valence-electron chi connectivity index (χ2n) is 8.35. The zero-order valence-electron chi connectivity index (χ0n) is 18.9. The Bertz CT molecular complexity index is 1360. The van der Waals surface area contributed by atoms with E-state index in [1.165, 1.54) is 6.07 Å². The van der Waals surface area contributed by atoms with Gasteiger partial charge in [-0.05, 0) is 60.4 Å². The van der Waals surface area contributed by atoms with Gasteiger partial charge in [0.1, 0.15) is 30.5 Å². The predicted molar refractivity (Wildman–Crippen MR) is 133 cm³/mol. The molecule has 2 aliphatic rings. The molecular formula is C24H25ClN4O4S. The summed E-state index contributed by atoms with van der Waals surface area (Å²) in [6.07, 6.45) is 0.755. The van der Waals surface area contributed by atoms with E-state index in [0.717, 1.165) is 42.1 Å². The van der Waals surface area contributed by atoms with Crippen LogP contribution in [0.5, 0.6) is 11.6 Å². The highest BCUT2D eigenvalue weighted by molar-refractivity contribution is 7.92. The van der Waals surface area contributed by atoms with E-state index in [4.69, 9.17) is 21.1 Å². The largest absolute Gasteiger partial charge is 0.490 e. The molecule has 8 nitrogen and oxygen atoms in total. The van der Waals surface area contributed by atoms with E-state index in [9.17, 15) is 8.42 Å². The molecule has 0 saturated carbocycles. The van der Waals surface area contributed by atoms with Crippen molar-refractivity contribution < 1.29 is 17.9 Å². The van der Waals surface area contributed by atoms with Gasteiger partial charge in [0.05, 0.1) is 17.1 Å². The number of benzene rings is 2. The molecular weight excluding hydrogens is 476 g/mol. The van der Waals surface area contributed by atoms with E-state index in [2.05, 4.69) is 19.9 Å². The van der Waals surface area contributed by atoms with E-state index in [1.807, 2.05) is 25.2 Å². The van der Waals surface area contributed by atoms with Crippen LogP contribution in [-0.2, 0) is 23.1 Å². The van der Waals surface area contributed by atoms with Gasteiger partial charge in [-0.3, -0.25) is 4.72 Å². The Morgan fingerprint density at radius 1 is 1.26 bits per heavy atom. The first kappa shape index (κ1) is 22.6. The molecule has 34 heavy (non-hydrogen) atoms. The summed E-state index contributed by atoms with van der Waals surface area (Å²) in [4.78, 5) is 6.81. The summed E-state index contributed by atoms with van der Waals surface area (Å²) in [5, 5.41) is 3.60. The minimum Gasteiger partial charge on any atom is -0.490 e. The van der Waals surface area contributed by atoms with E-state index in [-0.39, 0.29) is 17.4 Å². The molecule has 3 heterocycles. The Hall–Kier alpha value is -3.17. The summed E-state index contributed by atoms with van der Waals surface area (Å²) in [6.45, 7) is 4.10. The number of nitrogens with zero attached hydrogens (tertiary/aromatic N) is 2. The molecule has 1 aromatic heterocycles. The summed E-state index contributed by atoms with van der Waals surface area (Å²) in [5.74, 6) is 1.75. The van der Waals surface area contributed by atoms with Crippen LogP contribution >= 0.6 is 11.6 Å². The van der Waals surface area contributed by atoms with Crippen molar-refractivity contribution in [2.24, 2.45) is 0 Å². The maximum atomic E-state index is 13.2. The SMILES string of the molecule is Cc1c(Cl)cccc1S(=O)(=O)Nc1cc2c(nc1OCc1ccc3c(c1)N(C)CCO3)NCC2. The zero-order valence-corrected chi connectivity index (χ0v) is 20.5. The third-order valence-corrected chi connectivity index (χ3v) is 7.92. The third-order valence-electron chi connectivity index (χ3n) is 6.00. The van der Waals surface area contributed by atoms with Crippen LogP contribution in [0.1, 0.15) is 16.7 Å². The highest BCUT2D eigenvalue weighted by Gasteiger charge is 2.24. The van der Waals surface area contributed by atoms with Crippen molar-refractivity contribution in [3.8, 4) is 11.6 Å². The van der Waals surface area contributed by atoms with Crippen molar-refractivity contribution in [3.63, 3.8) is 0 Å². The van der Waals surface area contributed by atoms with E-state index >= 15 is 0 Å². The van der Waals surface area contributed by atoms with Crippen LogP contribution in [0, 0.1) is 6.92 Å². The fraction of sp³-hybridized carbons (Fsp3) is 0.292. The molecule has 2 N–H and O–H groups in total. The smallest absolute Gasteiger partial charge is 0.262 e. The lowest BCUT2D eigenvalue weighted by atomic mass is 10.1. The van der Waals surface area contributed by atoms with E-state index < -0.39 is 10.0 Å². The normalized spacial score (nSPS) is 14.6. The first-order valence-corrected chi connectivity index (χ1v) is 12.8. The fourth-order valence-electron chi connectivity index (χ4n) is 4.10. The predicted octanol–water partition coefficient (Wildman–Crippen LogP) is 4.22. The third kappa shape index (κ3) is 4.33. The lowest BCUT2D eigenvalue weighted by Crippen LogP contribution is -2.28. The Morgan fingerprint density at radius 3 is 2.97 bits per heavy atom. The summed E-state index contributed by atoms with van der Waals surface area (Å²) in [5.41, 5.74) is 3.62. The highest BCUT2D eigenvalue weighted by atomic mass is 35.5. The molecule has 0 atom stereocenters. The topological polar surface area (TPSA) is 92.8 Å². The van der Waals surface area contributed by atoms with E-state index in [0.29, 0.717) is 28.7 Å². The molecule has 0 fully saturated rings. The van der Waals surface area contributed by atoms with Gasteiger partial charge in [-0.1, -0.05) is 23.7 Å². The molecule has 0 spiro atoms. The lowest BCUT2D eigenvalue weighted by Gasteiger charge is -2.28. The van der Waals surface area contributed by atoms with Crippen LogP contribution in [-0.4, -0.2) is 40.1 Å². The number of pyridine rings is 1. The number of rotatable bonds is 6. The van der Waals surface area contributed by atoms with Gasteiger partial charge in [0, 0.05) is 18.6 Å². The van der Waals surface area contributed by atoms with Gasteiger partial charge in [-0.2, -0.15) is 4.98 Å². The minimum absolute atomic E-state index is 0.113. The summed E-state index contributed by atoms with van der Waals surface area (Å²) in [7, 11) is -1.89. The number of halogens is 1. The van der Waals surface area contributed by atoms with Crippen molar-refractivity contribution in [1.82, 2.24) is 4.98 Å². The van der Waals surface area contributed by atoms with Gasteiger partial charge >= 0.3 is 0 Å². The van der Waals surface area contributed by atoms with Gasteiger partial charge < -0.3 is 19.7 Å². The molecule has 2 aliphatic heterocycles. The zero-order chi connectivity index (χ0) is 23.9. The van der Waals surface area contributed by atoms with E-state index in [1.54, 1.807) is 25.1 Å². The molecule has 0 bridgehead atoms. The number of anilines is 3. The molecule has 3 aromatic rings. The molecule has 2 aromatic carbocycles. The van der Waals surface area contributed by atoms with Crippen LogP contribution in [0.15, 0.2) is 47.4 Å². The van der Waals surface area contributed by atoms with Crippen molar-refractivity contribution in [2.45, 2.75) is 24.8 Å². The number of fused-ring (bicyclic) bond motifs is 2. The Kier molecular flexibility index (Phi) is 5.91. The molecule has 10 heteroatoms. The van der Waals surface area contributed by atoms with Crippen molar-refractivity contribution >= 4 is 38.8 Å². The molecule has 0 aliphatic carbocycles. The van der Waals surface area contributed by atoms with Gasteiger partial charge in [0.15, 0.2) is 0 Å². The van der Waals surface area contributed by atoms with Crippen LogP contribution < -0.4 is 24.4 Å². The summed E-state index contributed by atoms with van der Waals surface area (Å²) < 4.78 is 40.8. The average molecular weight is 501 g/mol. The molecule has 0 radical (unpaired) electrons. The quantitative estimate of drug-likeness (QED) is 0.523. The monoisotopic (exact) mass is 500 g/mol. The number of likely N-dealkylation sites (N-methyl/N-ethyl adjacent to an activating group) is 1. The number of aromatic nitrogens is 1. The van der Waals surface area contributed by atoms with Crippen LogP contribution in [0.3, 0.4) is 0 Å². The number of hydrogen-bond acceptors (Lipinski definition) is 7. The lowest BCUT2D eigenvalue weighted by molar-refractivity contribution is 0.294. The maximum absolute atomic E-state index is 13.2. The fourth-order valence-corrected chi connectivity index (χ4v) is 5.64. The number of ether oxygens (including phenoxy) is 2. The summed E-state index contributed by atoms with van der Waals surface area (Å²) in [6, 6.07) is 12.5. The second kappa shape index (κ2) is 8.88. The van der Waals surface area contributed by atoms with Crippen molar-refractivity contribution in [2.75, 3.05) is 41.7 Å². The first-order valence-electron chi connectivity index (χ1n) is 11.0. The van der Waals surface area contributed by atoms with Crippen LogP contribution in [0.4, 0.5) is 17.2 Å². The highest BCUT2D eigenvalue weighted by Crippen LogP contribution is 2.35. The Labute approximate surface area is 203 Å². The van der Waals surface area contributed by atoms with Crippen LogP contribution in [0.2, 0.25) is 5.02 Å². The Balaban J connectivity index is 1.44.